The Morgan fingerprint density at radius 3 is 2.27 bits per heavy atom. The molecule has 3 rings (SSSR count). The molecule has 5 nitrogen and oxygen atoms in total. The minimum Gasteiger partial charge on any atom is -0.322 e. The van der Waals surface area contributed by atoms with E-state index in [-0.39, 0.29) is 22.1 Å². The quantitative estimate of drug-likeness (QED) is 0.400. The van der Waals surface area contributed by atoms with E-state index < -0.39 is 0 Å². The minimum atomic E-state index is -0.351. The highest BCUT2D eigenvalue weighted by atomic mass is 35.5. The van der Waals surface area contributed by atoms with Gasteiger partial charge in [-0.05, 0) is 61.5 Å². The van der Waals surface area contributed by atoms with E-state index in [1.807, 2.05) is 12.1 Å². The smallest absolute Gasteiger partial charge is 0.257 e. The third-order valence-electron chi connectivity index (χ3n) is 3.95. The first-order chi connectivity index (χ1) is 14.3. The topological polar surface area (TPSA) is 71.1 Å². The zero-order valence-electron chi connectivity index (χ0n) is 15.7. The number of anilines is 2. The number of aromatic nitrogens is 1. The van der Waals surface area contributed by atoms with Crippen molar-refractivity contribution < 1.29 is 9.59 Å². The van der Waals surface area contributed by atoms with Crippen LogP contribution in [0.5, 0.6) is 0 Å². The van der Waals surface area contributed by atoms with Crippen molar-refractivity contribution in [3.8, 4) is 0 Å². The van der Waals surface area contributed by atoms with Crippen molar-refractivity contribution in [3.05, 3.63) is 81.4 Å². The van der Waals surface area contributed by atoms with Crippen molar-refractivity contribution in [2.24, 2.45) is 0 Å². The Bertz CT molecular complexity index is 1060. The molecule has 30 heavy (non-hydrogen) atoms. The highest BCUT2D eigenvalue weighted by molar-refractivity contribution is 8.00. The van der Waals surface area contributed by atoms with Gasteiger partial charge in [0.05, 0.1) is 20.9 Å². The van der Waals surface area contributed by atoms with E-state index in [4.69, 9.17) is 34.8 Å². The van der Waals surface area contributed by atoms with E-state index in [1.165, 1.54) is 24.0 Å². The number of benzene rings is 2. The zero-order valence-corrected chi connectivity index (χ0v) is 18.7. The lowest BCUT2D eigenvalue weighted by molar-refractivity contribution is -0.115. The maximum Gasteiger partial charge on any atom is 0.257 e. The lowest BCUT2D eigenvalue weighted by Crippen LogP contribution is -2.22. The van der Waals surface area contributed by atoms with Crippen LogP contribution in [0.3, 0.4) is 0 Å². The molecule has 1 aromatic heterocycles. The standard InChI is InChI=1S/C21H16Cl3N3O2S/c1-12(20(28)27-19-9-3-14(23)11-25-19)30-16-6-4-15(5-7-16)26-21(29)17-8-2-13(22)10-18(17)24/h2-12H,1H3,(H,26,29)(H,25,27,28). The third kappa shape index (κ3) is 6.12. The Morgan fingerprint density at radius 1 is 0.933 bits per heavy atom. The summed E-state index contributed by atoms with van der Waals surface area (Å²) in [6.07, 6.45) is 1.47. The van der Waals surface area contributed by atoms with Crippen molar-refractivity contribution in [2.45, 2.75) is 17.1 Å². The van der Waals surface area contributed by atoms with Crippen LogP contribution >= 0.6 is 46.6 Å². The van der Waals surface area contributed by atoms with Crippen molar-refractivity contribution in [1.82, 2.24) is 4.98 Å². The van der Waals surface area contributed by atoms with E-state index in [9.17, 15) is 9.59 Å². The second-order valence-corrected chi connectivity index (χ2v) is 8.91. The van der Waals surface area contributed by atoms with Crippen LogP contribution in [-0.2, 0) is 4.79 Å². The number of nitrogens with one attached hydrogen (secondary N) is 2. The summed E-state index contributed by atoms with van der Waals surface area (Å²) in [5.41, 5.74) is 0.943. The van der Waals surface area contributed by atoms with Gasteiger partial charge >= 0.3 is 0 Å². The molecule has 0 fully saturated rings. The third-order valence-corrected chi connectivity index (χ3v) is 5.83. The summed E-state index contributed by atoms with van der Waals surface area (Å²) in [6, 6.07) is 15.2. The molecule has 0 spiro atoms. The average molecular weight is 481 g/mol. The number of halogens is 3. The van der Waals surface area contributed by atoms with E-state index in [0.717, 1.165) is 4.90 Å². The van der Waals surface area contributed by atoms with E-state index >= 15 is 0 Å². The van der Waals surface area contributed by atoms with Gasteiger partial charge in [0.25, 0.3) is 5.91 Å². The molecule has 2 N–H and O–H groups in total. The van der Waals surface area contributed by atoms with Crippen LogP contribution in [0.15, 0.2) is 65.7 Å². The molecule has 2 amide bonds. The highest BCUT2D eigenvalue weighted by Gasteiger charge is 2.16. The van der Waals surface area contributed by atoms with Gasteiger partial charge in [0.15, 0.2) is 0 Å². The Hall–Kier alpha value is -2.25. The summed E-state index contributed by atoms with van der Waals surface area (Å²) in [5.74, 6) is -0.0689. The summed E-state index contributed by atoms with van der Waals surface area (Å²) in [7, 11) is 0. The molecule has 2 aromatic carbocycles. The Kier molecular flexibility index (Phi) is 7.61. The highest BCUT2D eigenvalue weighted by Crippen LogP contribution is 2.26. The van der Waals surface area contributed by atoms with Gasteiger partial charge in [0.2, 0.25) is 5.91 Å². The van der Waals surface area contributed by atoms with Crippen molar-refractivity contribution in [1.29, 1.82) is 0 Å². The molecule has 0 saturated carbocycles. The Labute approximate surface area is 193 Å². The molecule has 154 valence electrons. The first-order valence-electron chi connectivity index (χ1n) is 8.77. The van der Waals surface area contributed by atoms with Crippen LogP contribution in [0, 0.1) is 0 Å². The molecular formula is C21H16Cl3N3O2S. The Balaban J connectivity index is 1.57. The van der Waals surface area contributed by atoms with Crippen LogP contribution in [0.2, 0.25) is 15.1 Å². The Morgan fingerprint density at radius 2 is 1.63 bits per heavy atom. The van der Waals surface area contributed by atoms with Gasteiger partial charge in [0, 0.05) is 21.8 Å². The fourth-order valence-electron chi connectivity index (χ4n) is 2.42. The molecule has 0 saturated heterocycles. The molecule has 0 aliphatic rings. The van der Waals surface area contributed by atoms with Gasteiger partial charge in [-0.2, -0.15) is 0 Å². The van der Waals surface area contributed by atoms with Gasteiger partial charge in [-0.3, -0.25) is 9.59 Å². The number of rotatable bonds is 6. The van der Waals surface area contributed by atoms with Gasteiger partial charge in [-0.25, -0.2) is 4.98 Å². The largest absolute Gasteiger partial charge is 0.322 e. The number of carbonyl (C=O) groups is 2. The van der Waals surface area contributed by atoms with Crippen LogP contribution < -0.4 is 10.6 Å². The molecule has 1 unspecified atom stereocenters. The second-order valence-electron chi connectivity index (χ2n) is 6.21. The van der Waals surface area contributed by atoms with Crippen LogP contribution in [-0.4, -0.2) is 22.0 Å². The molecule has 0 aliphatic carbocycles. The molecule has 3 aromatic rings. The predicted octanol–water partition coefficient (Wildman–Crippen LogP) is 6.41. The normalized spacial score (nSPS) is 11.6. The van der Waals surface area contributed by atoms with E-state index in [2.05, 4.69) is 15.6 Å². The lowest BCUT2D eigenvalue weighted by Gasteiger charge is -2.12. The maximum absolute atomic E-state index is 12.4. The number of hydrogen-bond donors (Lipinski definition) is 2. The lowest BCUT2D eigenvalue weighted by atomic mass is 10.2. The molecular weight excluding hydrogens is 465 g/mol. The van der Waals surface area contributed by atoms with Crippen LogP contribution in [0.25, 0.3) is 0 Å². The SMILES string of the molecule is CC(Sc1ccc(NC(=O)c2ccc(Cl)cc2Cl)cc1)C(=O)Nc1ccc(Cl)cn1. The molecule has 0 radical (unpaired) electrons. The minimum absolute atomic E-state index is 0.176. The predicted molar refractivity (Wildman–Crippen MR) is 124 cm³/mol. The summed E-state index contributed by atoms with van der Waals surface area (Å²) in [6.45, 7) is 1.80. The maximum atomic E-state index is 12.4. The fourth-order valence-corrected chi connectivity index (χ4v) is 3.90. The summed E-state index contributed by atoms with van der Waals surface area (Å²) in [4.78, 5) is 29.7. The van der Waals surface area contributed by atoms with Crippen molar-refractivity contribution in [3.63, 3.8) is 0 Å². The van der Waals surface area contributed by atoms with Gasteiger partial charge in [-0.1, -0.05) is 34.8 Å². The average Bonchev–Trinajstić information content (AvgIpc) is 2.71. The number of carbonyl (C=O) groups excluding carboxylic acids is 2. The van der Waals surface area contributed by atoms with E-state index in [1.54, 1.807) is 43.3 Å². The van der Waals surface area contributed by atoms with Crippen molar-refractivity contribution in [2.75, 3.05) is 10.6 Å². The van der Waals surface area contributed by atoms with Gasteiger partial charge in [-0.15, -0.1) is 11.8 Å². The van der Waals surface area contributed by atoms with Crippen molar-refractivity contribution >= 4 is 69.9 Å². The molecule has 9 heteroatoms. The fraction of sp³-hybridized carbons (Fsp3) is 0.0952. The number of nitrogens with zero attached hydrogens (tertiary/aromatic N) is 1. The number of thioether (sulfide) groups is 1. The first-order valence-corrected chi connectivity index (χ1v) is 10.8. The van der Waals surface area contributed by atoms with Crippen LogP contribution in [0.4, 0.5) is 11.5 Å². The van der Waals surface area contributed by atoms with E-state index in [0.29, 0.717) is 27.1 Å². The van der Waals surface area contributed by atoms with Gasteiger partial charge in [0.1, 0.15) is 5.82 Å². The summed E-state index contributed by atoms with van der Waals surface area (Å²) >= 11 is 19.1. The number of amides is 2. The molecule has 1 heterocycles. The van der Waals surface area contributed by atoms with Crippen LogP contribution in [0.1, 0.15) is 17.3 Å². The molecule has 0 aliphatic heterocycles. The molecule has 1 atom stereocenters. The number of pyridine rings is 1. The number of hydrogen-bond acceptors (Lipinski definition) is 4. The first kappa shape index (κ1) is 22.4. The molecule has 0 bridgehead atoms. The van der Waals surface area contributed by atoms with Gasteiger partial charge < -0.3 is 10.6 Å². The zero-order chi connectivity index (χ0) is 21.7. The second kappa shape index (κ2) is 10.2. The summed E-state index contributed by atoms with van der Waals surface area (Å²) in [5, 5.41) is 6.42. The summed E-state index contributed by atoms with van der Waals surface area (Å²) < 4.78 is 0. The monoisotopic (exact) mass is 479 g/mol.